The highest BCUT2D eigenvalue weighted by atomic mass is 16.5. The highest BCUT2D eigenvalue weighted by Crippen LogP contribution is 2.22. The molecule has 4 rings (SSSR count). The van der Waals surface area contributed by atoms with Crippen LogP contribution in [0.4, 0.5) is 0 Å². The maximum absolute atomic E-state index is 12.7. The van der Waals surface area contributed by atoms with Gasteiger partial charge in [-0.3, -0.25) is 4.79 Å². The normalized spacial score (nSPS) is 13.5. The number of ether oxygens (including phenoxy) is 1. The highest BCUT2D eigenvalue weighted by Gasteiger charge is 2.22. The number of benzene rings is 1. The summed E-state index contributed by atoms with van der Waals surface area (Å²) < 4.78 is 5.45. The summed E-state index contributed by atoms with van der Waals surface area (Å²) in [5.74, 6) is 0.980. The quantitative estimate of drug-likeness (QED) is 0.727. The Morgan fingerprint density at radius 2 is 2.08 bits per heavy atom. The fraction of sp³-hybridized carbons (Fsp3) is 0.286. The Bertz CT molecular complexity index is 938. The van der Waals surface area contributed by atoms with Crippen LogP contribution in [0.25, 0.3) is 11.0 Å². The zero-order valence-corrected chi connectivity index (χ0v) is 14.8. The van der Waals surface area contributed by atoms with Gasteiger partial charge in [-0.05, 0) is 48.4 Å². The maximum atomic E-state index is 12.7. The third-order valence-corrected chi connectivity index (χ3v) is 4.68. The molecule has 5 nitrogen and oxygen atoms in total. The van der Waals surface area contributed by atoms with Crippen LogP contribution in [0.1, 0.15) is 23.7 Å². The van der Waals surface area contributed by atoms with Gasteiger partial charge in [0.1, 0.15) is 5.75 Å². The van der Waals surface area contributed by atoms with Crippen LogP contribution in [0.3, 0.4) is 0 Å². The number of hydrogen-bond donors (Lipinski definition) is 0. The van der Waals surface area contributed by atoms with E-state index in [1.54, 1.807) is 6.20 Å². The molecule has 1 aliphatic rings. The fourth-order valence-electron chi connectivity index (χ4n) is 3.33. The van der Waals surface area contributed by atoms with Crippen LogP contribution in [-0.4, -0.2) is 33.9 Å². The van der Waals surface area contributed by atoms with Crippen LogP contribution in [0.5, 0.6) is 5.75 Å². The van der Waals surface area contributed by atoms with Gasteiger partial charge in [0.05, 0.1) is 13.0 Å². The lowest BCUT2D eigenvalue weighted by atomic mass is 10.0. The molecule has 5 heteroatoms. The van der Waals surface area contributed by atoms with Crippen molar-refractivity contribution in [1.82, 2.24) is 14.9 Å². The van der Waals surface area contributed by atoms with E-state index in [4.69, 9.17) is 4.74 Å². The zero-order valence-electron chi connectivity index (χ0n) is 14.8. The van der Waals surface area contributed by atoms with Crippen LogP contribution in [-0.2, 0) is 24.2 Å². The van der Waals surface area contributed by atoms with Crippen LogP contribution in [0.15, 0.2) is 48.7 Å². The first-order valence-electron chi connectivity index (χ1n) is 8.96. The second-order valence-corrected chi connectivity index (χ2v) is 6.46. The van der Waals surface area contributed by atoms with Crippen LogP contribution in [0, 0.1) is 0 Å². The van der Waals surface area contributed by atoms with Crippen molar-refractivity contribution in [3.8, 4) is 5.75 Å². The summed E-state index contributed by atoms with van der Waals surface area (Å²) in [5.41, 5.74) is 3.96. The van der Waals surface area contributed by atoms with Gasteiger partial charge in [-0.15, -0.1) is 0 Å². The second kappa shape index (κ2) is 7.12. The van der Waals surface area contributed by atoms with Crippen molar-refractivity contribution in [2.24, 2.45) is 0 Å². The maximum Gasteiger partial charge on any atom is 0.227 e. The van der Waals surface area contributed by atoms with E-state index >= 15 is 0 Å². The van der Waals surface area contributed by atoms with E-state index < -0.39 is 0 Å². The summed E-state index contributed by atoms with van der Waals surface area (Å²) >= 11 is 0. The van der Waals surface area contributed by atoms with Crippen molar-refractivity contribution >= 4 is 16.9 Å². The molecule has 0 aliphatic carbocycles. The Labute approximate surface area is 152 Å². The van der Waals surface area contributed by atoms with Gasteiger partial charge in [-0.25, -0.2) is 9.97 Å². The number of carbonyl (C=O) groups excluding carboxylic acids is 1. The fourth-order valence-corrected chi connectivity index (χ4v) is 3.33. The molecule has 3 aromatic rings. The van der Waals surface area contributed by atoms with Gasteiger partial charge < -0.3 is 9.64 Å². The molecule has 1 amide bonds. The molecule has 0 N–H and O–H groups in total. The van der Waals surface area contributed by atoms with E-state index in [1.165, 1.54) is 0 Å². The molecule has 0 spiro atoms. The van der Waals surface area contributed by atoms with E-state index in [0.717, 1.165) is 40.0 Å². The van der Waals surface area contributed by atoms with Crippen LogP contribution in [0.2, 0.25) is 0 Å². The van der Waals surface area contributed by atoms with Gasteiger partial charge in [0, 0.05) is 36.8 Å². The minimum absolute atomic E-state index is 0.145. The number of hydrogen-bond acceptors (Lipinski definition) is 4. The van der Waals surface area contributed by atoms with Gasteiger partial charge in [0.15, 0.2) is 5.65 Å². The third-order valence-electron chi connectivity index (χ3n) is 4.68. The van der Waals surface area contributed by atoms with Crippen molar-refractivity contribution in [3.05, 3.63) is 65.5 Å². The largest absolute Gasteiger partial charge is 0.494 e. The molecule has 0 atom stereocenters. The van der Waals surface area contributed by atoms with Crippen molar-refractivity contribution in [3.63, 3.8) is 0 Å². The molecule has 0 unspecified atom stereocenters. The number of carbonyl (C=O) groups is 1. The van der Waals surface area contributed by atoms with Gasteiger partial charge in [-0.1, -0.05) is 12.1 Å². The summed E-state index contributed by atoms with van der Waals surface area (Å²) in [5, 5.41) is 1.02. The molecule has 1 aromatic carbocycles. The first kappa shape index (κ1) is 16.5. The number of amides is 1. The number of pyridine rings is 2. The van der Waals surface area contributed by atoms with E-state index in [2.05, 4.69) is 16.0 Å². The summed E-state index contributed by atoms with van der Waals surface area (Å²) in [6.45, 7) is 3.92. The lowest BCUT2D eigenvalue weighted by Crippen LogP contribution is -2.37. The number of rotatable bonds is 4. The van der Waals surface area contributed by atoms with E-state index in [0.29, 0.717) is 26.1 Å². The lowest BCUT2D eigenvalue weighted by Gasteiger charge is -2.28. The molecule has 0 bridgehead atoms. The Hall–Kier alpha value is -2.95. The van der Waals surface area contributed by atoms with E-state index in [-0.39, 0.29) is 5.91 Å². The Kier molecular flexibility index (Phi) is 4.52. The Balaban J connectivity index is 1.47. The first-order chi connectivity index (χ1) is 12.7. The van der Waals surface area contributed by atoms with Crippen molar-refractivity contribution < 1.29 is 9.53 Å². The van der Waals surface area contributed by atoms with Gasteiger partial charge in [0.25, 0.3) is 0 Å². The number of aromatic nitrogens is 2. The average molecular weight is 347 g/mol. The Morgan fingerprint density at radius 1 is 1.23 bits per heavy atom. The smallest absolute Gasteiger partial charge is 0.227 e. The minimum Gasteiger partial charge on any atom is -0.494 e. The van der Waals surface area contributed by atoms with Crippen LogP contribution >= 0.6 is 0 Å². The van der Waals surface area contributed by atoms with Gasteiger partial charge in [0.2, 0.25) is 5.91 Å². The van der Waals surface area contributed by atoms with Crippen molar-refractivity contribution in [1.29, 1.82) is 0 Å². The molecule has 132 valence electrons. The summed E-state index contributed by atoms with van der Waals surface area (Å²) in [7, 11) is 0. The third kappa shape index (κ3) is 3.38. The van der Waals surface area contributed by atoms with Crippen LogP contribution < -0.4 is 4.74 Å². The molecule has 2 aromatic heterocycles. The standard InChI is InChI=1S/C21H21N3O2/c1-2-26-18-7-5-15(6-8-18)12-20(25)24-11-9-19-17(14-24)13-16-4-3-10-22-21(16)23-19/h3-8,10,13H,2,9,11-12,14H2,1H3. The molecular weight excluding hydrogens is 326 g/mol. The lowest BCUT2D eigenvalue weighted by molar-refractivity contribution is -0.131. The van der Waals surface area contributed by atoms with E-state index in [1.807, 2.05) is 48.2 Å². The number of nitrogens with zero attached hydrogens (tertiary/aromatic N) is 3. The zero-order chi connectivity index (χ0) is 17.9. The molecular formula is C21H21N3O2. The molecule has 0 radical (unpaired) electrons. The molecule has 0 fully saturated rings. The molecule has 26 heavy (non-hydrogen) atoms. The molecule has 0 saturated heterocycles. The summed E-state index contributed by atoms with van der Waals surface area (Å²) in [6, 6.07) is 13.8. The summed E-state index contributed by atoms with van der Waals surface area (Å²) in [6.07, 6.45) is 2.94. The molecule has 1 aliphatic heterocycles. The Morgan fingerprint density at radius 3 is 2.88 bits per heavy atom. The topological polar surface area (TPSA) is 55.3 Å². The molecule has 0 saturated carbocycles. The predicted molar refractivity (Wildman–Crippen MR) is 100.0 cm³/mol. The highest BCUT2D eigenvalue weighted by molar-refractivity contribution is 5.80. The predicted octanol–water partition coefficient (Wildman–Crippen LogP) is 3.16. The first-order valence-corrected chi connectivity index (χ1v) is 8.96. The van der Waals surface area contributed by atoms with Gasteiger partial charge in [-0.2, -0.15) is 0 Å². The van der Waals surface area contributed by atoms with E-state index in [9.17, 15) is 4.79 Å². The summed E-state index contributed by atoms with van der Waals surface area (Å²) in [4.78, 5) is 23.6. The van der Waals surface area contributed by atoms with Crippen molar-refractivity contribution in [2.75, 3.05) is 13.2 Å². The SMILES string of the molecule is CCOc1ccc(CC(=O)N2CCc3nc4ncccc4cc3C2)cc1. The molecule has 3 heterocycles. The minimum atomic E-state index is 0.145. The average Bonchev–Trinajstić information content (AvgIpc) is 2.67. The van der Waals surface area contributed by atoms with Gasteiger partial charge >= 0.3 is 0 Å². The monoisotopic (exact) mass is 347 g/mol. The second-order valence-electron chi connectivity index (χ2n) is 6.46. The van der Waals surface area contributed by atoms with Crippen molar-refractivity contribution in [2.45, 2.75) is 26.3 Å². The number of fused-ring (bicyclic) bond motifs is 2.